The molecule has 0 fully saturated rings. The van der Waals surface area contributed by atoms with Gasteiger partial charge in [-0.3, -0.25) is 4.79 Å². The third kappa shape index (κ3) is 1.95. The van der Waals surface area contributed by atoms with Crippen LogP contribution >= 0.6 is 0 Å². The van der Waals surface area contributed by atoms with Crippen molar-refractivity contribution in [2.45, 2.75) is 32.4 Å². The van der Waals surface area contributed by atoms with Gasteiger partial charge in [0.25, 0.3) is 0 Å². The topological polar surface area (TPSA) is 55.1 Å². The molecule has 3 heteroatoms. The molecular formula is C13H18N2O. The second-order valence-corrected chi connectivity index (χ2v) is 4.71. The predicted molar refractivity (Wildman–Crippen MR) is 63.8 cm³/mol. The number of rotatable bonds is 2. The maximum Gasteiger partial charge on any atom is 0.223 e. The minimum atomic E-state index is -0.0221. The van der Waals surface area contributed by atoms with Crippen molar-refractivity contribution in [1.29, 1.82) is 0 Å². The lowest BCUT2D eigenvalue weighted by Gasteiger charge is -2.19. The number of nitrogens with one attached hydrogen (secondary N) is 1. The van der Waals surface area contributed by atoms with Crippen molar-refractivity contribution in [3.05, 3.63) is 35.4 Å². The zero-order valence-corrected chi connectivity index (χ0v) is 9.73. The number of fused-ring (bicyclic) bond motifs is 1. The molecule has 0 bridgehead atoms. The second-order valence-electron chi connectivity index (χ2n) is 4.71. The molecule has 0 saturated carbocycles. The van der Waals surface area contributed by atoms with Gasteiger partial charge in [-0.2, -0.15) is 0 Å². The SMILES string of the molecule is CC(C)C(=O)N[C@@H]1c2ccccc2C[C@H]1N. The van der Waals surface area contributed by atoms with Gasteiger partial charge < -0.3 is 11.1 Å². The first-order chi connectivity index (χ1) is 7.59. The molecule has 3 nitrogen and oxygen atoms in total. The predicted octanol–water partition coefficient (Wildman–Crippen LogP) is 1.38. The number of hydrogen-bond acceptors (Lipinski definition) is 2. The highest BCUT2D eigenvalue weighted by Gasteiger charge is 2.30. The molecule has 0 saturated heterocycles. The lowest BCUT2D eigenvalue weighted by Crippen LogP contribution is -2.40. The highest BCUT2D eigenvalue weighted by atomic mass is 16.1. The molecule has 0 spiro atoms. The van der Waals surface area contributed by atoms with Crippen molar-refractivity contribution < 1.29 is 4.79 Å². The van der Waals surface area contributed by atoms with E-state index in [2.05, 4.69) is 11.4 Å². The molecule has 16 heavy (non-hydrogen) atoms. The van der Waals surface area contributed by atoms with Gasteiger partial charge in [-0.15, -0.1) is 0 Å². The van der Waals surface area contributed by atoms with Gasteiger partial charge in [0.2, 0.25) is 5.91 Å². The van der Waals surface area contributed by atoms with E-state index in [-0.39, 0.29) is 23.9 Å². The Morgan fingerprint density at radius 2 is 2.12 bits per heavy atom. The summed E-state index contributed by atoms with van der Waals surface area (Å²) in [4.78, 5) is 11.7. The molecule has 1 aromatic rings. The minimum absolute atomic E-state index is 0.0000350. The van der Waals surface area contributed by atoms with E-state index in [1.165, 1.54) is 11.1 Å². The van der Waals surface area contributed by atoms with E-state index in [9.17, 15) is 4.79 Å². The normalized spacial score (nSPS) is 23.2. The van der Waals surface area contributed by atoms with Crippen molar-refractivity contribution >= 4 is 5.91 Å². The molecule has 1 aromatic carbocycles. The number of hydrogen-bond donors (Lipinski definition) is 2. The molecule has 0 aromatic heterocycles. The minimum Gasteiger partial charge on any atom is -0.347 e. The number of carbonyl (C=O) groups excluding carboxylic acids is 1. The highest BCUT2D eigenvalue weighted by molar-refractivity contribution is 5.78. The zero-order valence-electron chi connectivity index (χ0n) is 9.73. The van der Waals surface area contributed by atoms with Gasteiger partial charge in [-0.05, 0) is 17.5 Å². The molecule has 1 amide bonds. The Morgan fingerprint density at radius 1 is 1.44 bits per heavy atom. The highest BCUT2D eigenvalue weighted by Crippen LogP contribution is 2.30. The molecule has 3 N–H and O–H groups in total. The quantitative estimate of drug-likeness (QED) is 0.788. The fourth-order valence-corrected chi connectivity index (χ4v) is 2.13. The summed E-state index contributed by atoms with van der Waals surface area (Å²) in [5.74, 6) is 0.0668. The molecule has 1 aliphatic carbocycles. The smallest absolute Gasteiger partial charge is 0.223 e. The van der Waals surface area contributed by atoms with Crippen LogP contribution in [-0.4, -0.2) is 11.9 Å². The Labute approximate surface area is 96.0 Å². The molecule has 2 atom stereocenters. The fourth-order valence-electron chi connectivity index (χ4n) is 2.13. The average molecular weight is 218 g/mol. The third-order valence-corrected chi connectivity index (χ3v) is 3.10. The first-order valence-corrected chi connectivity index (χ1v) is 5.73. The molecule has 86 valence electrons. The van der Waals surface area contributed by atoms with E-state index >= 15 is 0 Å². The van der Waals surface area contributed by atoms with Gasteiger partial charge in [0.05, 0.1) is 6.04 Å². The van der Waals surface area contributed by atoms with Crippen molar-refractivity contribution in [2.75, 3.05) is 0 Å². The van der Waals surface area contributed by atoms with Crippen LogP contribution in [0, 0.1) is 5.92 Å². The summed E-state index contributed by atoms with van der Waals surface area (Å²) in [5, 5.41) is 3.02. The van der Waals surface area contributed by atoms with Crippen LogP contribution < -0.4 is 11.1 Å². The van der Waals surface area contributed by atoms with E-state index in [0.29, 0.717) is 0 Å². The Balaban J connectivity index is 2.19. The van der Waals surface area contributed by atoms with Crippen LogP contribution in [0.1, 0.15) is 31.0 Å². The molecule has 0 aliphatic heterocycles. The molecule has 0 radical (unpaired) electrons. The maximum atomic E-state index is 11.7. The average Bonchev–Trinajstić information content (AvgIpc) is 2.55. The molecule has 0 heterocycles. The number of nitrogens with two attached hydrogens (primary N) is 1. The number of benzene rings is 1. The third-order valence-electron chi connectivity index (χ3n) is 3.10. The Hall–Kier alpha value is -1.35. The number of carbonyl (C=O) groups is 1. The van der Waals surface area contributed by atoms with Crippen molar-refractivity contribution in [3.8, 4) is 0 Å². The van der Waals surface area contributed by atoms with Crippen LogP contribution in [0.15, 0.2) is 24.3 Å². The molecule has 2 rings (SSSR count). The van der Waals surface area contributed by atoms with Crippen LogP contribution in [0.5, 0.6) is 0 Å². The monoisotopic (exact) mass is 218 g/mol. The standard InChI is InChI=1S/C13H18N2O/c1-8(2)13(16)15-12-10-6-4-3-5-9(10)7-11(12)14/h3-6,8,11-12H,7,14H2,1-2H3,(H,15,16)/t11-,12-/m1/s1. The van der Waals surface area contributed by atoms with Crippen molar-refractivity contribution in [1.82, 2.24) is 5.32 Å². The summed E-state index contributed by atoms with van der Waals surface area (Å²) in [7, 11) is 0. The van der Waals surface area contributed by atoms with Crippen molar-refractivity contribution in [3.63, 3.8) is 0 Å². The van der Waals surface area contributed by atoms with Crippen LogP contribution in [-0.2, 0) is 11.2 Å². The van der Waals surface area contributed by atoms with Crippen molar-refractivity contribution in [2.24, 2.45) is 11.7 Å². The van der Waals surface area contributed by atoms with E-state index in [4.69, 9.17) is 5.73 Å². The zero-order chi connectivity index (χ0) is 11.7. The van der Waals surface area contributed by atoms with Gasteiger partial charge in [-0.25, -0.2) is 0 Å². The summed E-state index contributed by atoms with van der Waals surface area (Å²) >= 11 is 0. The lowest BCUT2D eigenvalue weighted by molar-refractivity contribution is -0.124. The summed E-state index contributed by atoms with van der Waals surface area (Å²) in [5.41, 5.74) is 8.49. The van der Waals surface area contributed by atoms with E-state index in [0.717, 1.165) is 6.42 Å². The van der Waals surface area contributed by atoms with Crippen LogP contribution in [0.25, 0.3) is 0 Å². The van der Waals surface area contributed by atoms with E-state index in [1.807, 2.05) is 32.0 Å². The largest absolute Gasteiger partial charge is 0.347 e. The second kappa shape index (κ2) is 4.26. The molecule has 0 unspecified atom stereocenters. The van der Waals surface area contributed by atoms with Gasteiger partial charge in [-0.1, -0.05) is 38.1 Å². The Kier molecular flexibility index (Phi) is 2.97. The van der Waals surface area contributed by atoms with Crippen LogP contribution in [0.2, 0.25) is 0 Å². The van der Waals surface area contributed by atoms with Gasteiger partial charge >= 0.3 is 0 Å². The summed E-state index contributed by atoms with van der Waals surface area (Å²) < 4.78 is 0. The first kappa shape index (κ1) is 11.1. The Bertz CT molecular complexity index is 401. The van der Waals surface area contributed by atoms with Gasteiger partial charge in [0, 0.05) is 12.0 Å². The van der Waals surface area contributed by atoms with Crippen LogP contribution in [0.3, 0.4) is 0 Å². The first-order valence-electron chi connectivity index (χ1n) is 5.73. The van der Waals surface area contributed by atoms with Gasteiger partial charge in [0.1, 0.15) is 0 Å². The maximum absolute atomic E-state index is 11.7. The summed E-state index contributed by atoms with van der Waals surface area (Å²) in [6.45, 7) is 3.78. The Morgan fingerprint density at radius 3 is 2.81 bits per heavy atom. The summed E-state index contributed by atoms with van der Waals surface area (Å²) in [6, 6.07) is 8.11. The molecule has 1 aliphatic rings. The van der Waals surface area contributed by atoms with Crippen LogP contribution in [0.4, 0.5) is 0 Å². The lowest BCUT2D eigenvalue weighted by atomic mass is 10.1. The number of amides is 1. The fraction of sp³-hybridized carbons (Fsp3) is 0.462. The molecular weight excluding hydrogens is 200 g/mol. The van der Waals surface area contributed by atoms with E-state index in [1.54, 1.807) is 0 Å². The van der Waals surface area contributed by atoms with E-state index < -0.39 is 0 Å². The summed E-state index contributed by atoms with van der Waals surface area (Å²) in [6.07, 6.45) is 0.846. The van der Waals surface area contributed by atoms with Gasteiger partial charge in [0.15, 0.2) is 0 Å².